The van der Waals surface area contributed by atoms with Gasteiger partial charge in [0.15, 0.2) is 6.10 Å². The van der Waals surface area contributed by atoms with Crippen molar-refractivity contribution in [2.45, 2.75) is 185 Å². The smallest absolute Gasteiger partial charge is 0.462 e. The molecule has 0 aliphatic heterocycles. The monoisotopic (exact) mass is 1000 g/mol. The fraction of sp³-hybridized carbons (Fsp3) is 0.633. The quantitative estimate of drug-likeness (QED) is 0.0125. The van der Waals surface area contributed by atoms with Crippen molar-refractivity contribution in [3.63, 3.8) is 0 Å². The predicted octanol–water partition coefficient (Wildman–Crippen LogP) is 8.14. The minimum absolute atomic E-state index is 0.0206. The first-order valence-electron chi connectivity index (χ1n) is 23.9. The minimum Gasteiger partial charge on any atom is -0.462 e. The molecule has 19 heteroatoms. The zero-order chi connectivity index (χ0) is 50.5. The Balaban J connectivity index is 2.68. The number of carbonyl (C=O) groups excluding carboxylic acids is 2. The van der Waals surface area contributed by atoms with Crippen LogP contribution in [0.25, 0.3) is 0 Å². The number of allylic oxidation sites excluding steroid dienone is 16. The average Bonchev–Trinajstić information content (AvgIpc) is 3.29. The van der Waals surface area contributed by atoms with Crippen LogP contribution in [-0.2, 0) is 41.8 Å². The molecule has 0 radical (unpaired) electrons. The van der Waals surface area contributed by atoms with E-state index in [1.807, 2.05) is 43.4 Å². The molecular weight excluding hydrogens is 922 g/mol. The number of unbranched alkanes of at least 4 members (excludes halogenated alkanes) is 5. The van der Waals surface area contributed by atoms with Gasteiger partial charge in [-0.2, -0.15) is 0 Å². The summed E-state index contributed by atoms with van der Waals surface area (Å²) in [5.74, 6) is -1.37. The van der Waals surface area contributed by atoms with Crippen LogP contribution in [0.2, 0.25) is 0 Å². The lowest BCUT2D eigenvalue weighted by Gasteiger charge is -2.43. The normalized spacial score (nSPS) is 22.6. The van der Waals surface area contributed by atoms with Gasteiger partial charge < -0.3 is 49.7 Å². The van der Waals surface area contributed by atoms with Crippen LogP contribution in [0, 0.1) is 0 Å². The standard InChI is InChI=1S/C49H80O17P2/c1-3-5-6-7-8-9-10-11-12-13-14-18-21-24-27-30-33-36-42(51)62-38-41(39-63-68(60,61)66-49-46(55)44(53)45(54)48(47(49)56)65-67(57,58)59)64-43(52)37-34-31-28-25-22-19-16-15-17-20-23-26-29-32-35-40(50)4-2/h8-9,11-12,14,16-20,24-29,40-41,44-50,53-56H,3-7,10,13,15,21-23,30-39H2,1-2H3,(H,60,61)(H2,57,58,59)/b9-8-,12-11-,18-14-,19-16-,20-17-,27-24-,28-25-,29-26-/t40-,41-,44?,45?,46?,47?,48-,49+/m1/s1. The SMILES string of the molecule is CCCCC/C=C\C/C=C\C/C=C\C/C=C\CCCC(=O)OC[C@H](COP(=O)(O)O[C@H]1C(O)C(O)C(O)[C@@H](OP(=O)(O)O)C1O)OC(=O)CCC/C=C\C/C=C\C/C=C\C/C=C\CC[C@H](O)CC. The predicted molar refractivity (Wildman–Crippen MR) is 261 cm³/mol. The molecule has 0 heterocycles. The maximum atomic E-state index is 13.0. The van der Waals surface area contributed by atoms with Crippen LogP contribution in [0.4, 0.5) is 0 Å². The number of aliphatic hydroxyl groups is 5. The van der Waals surface area contributed by atoms with Gasteiger partial charge in [0, 0.05) is 12.8 Å². The number of ether oxygens (including phenoxy) is 2. The van der Waals surface area contributed by atoms with Crippen molar-refractivity contribution in [2.75, 3.05) is 13.2 Å². The summed E-state index contributed by atoms with van der Waals surface area (Å²) in [6.45, 7) is 2.70. The number of esters is 2. The second-order valence-electron chi connectivity index (χ2n) is 16.3. The Morgan fingerprint density at radius 1 is 0.529 bits per heavy atom. The van der Waals surface area contributed by atoms with Gasteiger partial charge in [-0.15, -0.1) is 0 Å². The minimum atomic E-state index is -5.38. The Hall–Kier alpha value is -3.12. The number of phosphoric acid groups is 2. The Labute approximate surface area is 403 Å². The summed E-state index contributed by atoms with van der Waals surface area (Å²) in [7, 11) is -10.7. The molecule has 1 aliphatic carbocycles. The molecule has 1 fully saturated rings. The van der Waals surface area contributed by atoms with Crippen LogP contribution in [-0.4, -0.2) is 114 Å². The number of phosphoric ester groups is 2. The average molecular weight is 1000 g/mol. The number of hydrogen-bond acceptors (Lipinski definition) is 14. The molecule has 0 aromatic heterocycles. The Bertz CT molecular complexity index is 1700. The number of aliphatic hydroxyl groups excluding tert-OH is 5. The first kappa shape index (κ1) is 62.9. The van der Waals surface area contributed by atoms with Gasteiger partial charge in [0.25, 0.3) is 0 Å². The van der Waals surface area contributed by atoms with E-state index < -0.39 is 83.5 Å². The molecule has 0 aromatic carbocycles. The molecule has 0 aromatic rings. The molecule has 1 aliphatic rings. The second-order valence-corrected chi connectivity index (χ2v) is 18.9. The highest BCUT2D eigenvalue weighted by Gasteiger charge is 2.54. The first-order valence-corrected chi connectivity index (χ1v) is 26.9. The highest BCUT2D eigenvalue weighted by atomic mass is 31.2. The molecule has 0 amide bonds. The topological polar surface area (TPSA) is 276 Å². The van der Waals surface area contributed by atoms with Crippen molar-refractivity contribution in [3.05, 3.63) is 97.2 Å². The summed E-state index contributed by atoms with van der Waals surface area (Å²) in [6, 6.07) is 0. The van der Waals surface area contributed by atoms with Crippen LogP contribution >= 0.6 is 15.6 Å². The Morgan fingerprint density at radius 2 is 0.956 bits per heavy atom. The molecule has 5 unspecified atom stereocenters. The molecule has 0 bridgehead atoms. The van der Waals surface area contributed by atoms with Gasteiger partial charge in [-0.3, -0.25) is 23.2 Å². The van der Waals surface area contributed by atoms with Crippen LogP contribution in [0.5, 0.6) is 0 Å². The van der Waals surface area contributed by atoms with E-state index in [-0.39, 0.29) is 18.9 Å². The molecule has 8 N–H and O–H groups in total. The number of carbonyl (C=O) groups is 2. The van der Waals surface area contributed by atoms with Gasteiger partial charge in [-0.05, 0) is 96.3 Å². The summed E-state index contributed by atoms with van der Waals surface area (Å²) in [4.78, 5) is 54.2. The van der Waals surface area contributed by atoms with E-state index in [0.29, 0.717) is 32.1 Å². The molecule has 0 saturated heterocycles. The number of hydrogen-bond donors (Lipinski definition) is 8. The van der Waals surface area contributed by atoms with Gasteiger partial charge in [0.2, 0.25) is 0 Å². The lowest BCUT2D eigenvalue weighted by molar-refractivity contribution is -0.216. The third-order valence-corrected chi connectivity index (χ3v) is 11.8. The van der Waals surface area contributed by atoms with E-state index in [2.05, 4.69) is 72.2 Å². The Morgan fingerprint density at radius 3 is 1.41 bits per heavy atom. The van der Waals surface area contributed by atoms with E-state index in [1.54, 1.807) is 0 Å². The van der Waals surface area contributed by atoms with Crippen LogP contribution in [0.15, 0.2) is 97.2 Å². The third-order valence-electron chi connectivity index (χ3n) is 10.3. The molecular formula is C49H80O17P2. The van der Waals surface area contributed by atoms with Crippen molar-refractivity contribution >= 4 is 27.6 Å². The maximum Gasteiger partial charge on any atom is 0.472 e. The second kappa shape index (κ2) is 38.6. The van der Waals surface area contributed by atoms with E-state index in [0.717, 1.165) is 57.8 Å². The molecule has 68 heavy (non-hydrogen) atoms. The van der Waals surface area contributed by atoms with E-state index >= 15 is 0 Å². The zero-order valence-electron chi connectivity index (χ0n) is 39.9. The highest BCUT2D eigenvalue weighted by molar-refractivity contribution is 7.47. The van der Waals surface area contributed by atoms with E-state index in [1.165, 1.54) is 19.3 Å². The van der Waals surface area contributed by atoms with Crippen molar-refractivity contribution in [2.24, 2.45) is 0 Å². The first-order chi connectivity index (χ1) is 32.5. The Kier molecular flexibility index (Phi) is 35.7. The lowest BCUT2D eigenvalue weighted by atomic mass is 9.85. The molecule has 1 rings (SSSR count). The van der Waals surface area contributed by atoms with Crippen LogP contribution < -0.4 is 0 Å². The largest absolute Gasteiger partial charge is 0.472 e. The van der Waals surface area contributed by atoms with Gasteiger partial charge in [-0.1, -0.05) is 124 Å². The fourth-order valence-corrected chi connectivity index (χ4v) is 7.94. The maximum absolute atomic E-state index is 13.0. The molecule has 17 nitrogen and oxygen atoms in total. The van der Waals surface area contributed by atoms with Crippen molar-refractivity contribution in [3.8, 4) is 0 Å². The van der Waals surface area contributed by atoms with E-state index in [9.17, 15) is 58.9 Å². The third kappa shape index (κ3) is 32.6. The molecule has 0 spiro atoms. The van der Waals surface area contributed by atoms with Crippen molar-refractivity contribution < 1.29 is 82.0 Å². The molecule has 9 atom stereocenters. The lowest BCUT2D eigenvalue weighted by Crippen LogP contribution is -2.64. The van der Waals surface area contributed by atoms with Gasteiger partial charge in [-0.25, -0.2) is 9.13 Å². The van der Waals surface area contributed by atoms with E-state index in [4.69, 9.17) is 18.5 Å². The van der Waals surface area contributed by atoms with Crippen LogP contribution in [0.3, 0.4) is 0 Å². The van der Waals surface area contributed by atoms with Crippen molar-refractivity contribution in [1.82, 2.24) is 0 Å². The fourth-order valence-electron chi connectivity index (χ4n) is 6.40. The van der Waals surface area contributed by atoms with Crippen molar-refractivity contribution in [1.29, 1.82) is 0 Å². The highest BCUT2D eigenvalue weighted by Crippen LogP contribution is 2.49. The molecule has 388 valence electrons. The van der Waals surface area contributed by atoms with Crippen LogP contribution in [0.1, 0.15) is 136 Å². The summed E-state index contributed by atoms with van der Waals surface area (Å²) in [5.41, 5.74) is 0. The zero-order valence-corrected chi connectivity index (χ0v) is 41.6. The summed E-state index contributed by atoms with van der Waals surface area (Å²) in [6.07, 6.45) is 31.7. The summed E-state index contributed by atoms with van der Waals surface area (Å²) >= 11 is 0. The van der Waals surface area contributed by atoms with Gasteiger partial charge >= 0.3 is 27.6 Å². The summed E-state index contributed by atoms with van der Waals surface area (Å²) in [5, 5.41) is 50.8. The number of rotatable bonds is 38. The summed E-state index contributed by atoms with van der Waals surface area (Å²) < 4.78 is 49.2. The van der Waals surface area contributed by atoms with Gasteiger partial charge in [0.05, 0.1) is 12.7 Å². The molecule has 1 saturated carbocycles. The van der Waals surface area contributed by atoms with Gasteiger partial charge in [0.1, 0.15) is 43.2 Å².